The van der Waals surface area contributed by atoms with E-state index in [9.17, 15) is 27.6 Å². The minimum absolute atomic E-state index is 0.0172. The number of ether oxygens (including phenoxy) is 3. The molecule has 1 aliphatic rings. The van der Waals surface area contributed by atoms with E-state index in [1.807, 2.05) is 0 Å². The molecule has 0 amide bonds. The fourth-order valence-corrected chi connectivity index (χ4v) is 3.93. The van der Waals surface area contributed by atoms with Crippen molar-refractivity contribution in [3.8, 4) is 17.2 Å². The first-order chi connectivity index (χ1) is 16.7. The molecule has 0 aliphatic heterocycles. The molecular weight excluding hydrogens is 469 g/mol. The van der Waals surface area contributed by atoms with Crippen molar-refractivity contribution in [2.75, 3.05) is 7.11 Å². The normalized spacial score (nSPS) is 14.5. The molecule has 10 heteroatoms. The lowest BCUT2D eigenvalue weighted by Crippen LogP contribution is -2.22. The zero-order valence-corrected chi connectivity index (χ0v) is 18.6. The molecule has 1 heterocycles. The van der Waals surface area contributed by atoms with Crippen LogP contribution in [0.2, 0.25) is 0 Å². The quantitative estimate of drug-likeness (QED) is 0.326. The number of alkyl halides is 3. The molecule has 1 fully saturated rings. The topological polar surface area (TPSA) is 92.0 Å². The van der Waals surface area contributed by atoms with Crippen molar-refractivity contribution in [1.82, 2.24) is 0 Å². The minimum atomic E-state index is -5.05. The first-order valence-corrected chi connectivity index (χ1v) is 10.9. The van der Waals surface area contributed by atoms with E-state index in [0.717, 1.165) is 25.3 Å². The standard InChI is InChI=1S/C25H21F3O7/c1-32-23(30)15-7-9-16(10-8-15)33-21-20(29)18-12-11-17(13-19(18)35-22(21)25(26,27)28)34-24(31)14-5-3-2-4-6-14/h7-14H,2-6H2,1H3. The van der Waals surface area contributed by atoms with E-state index in [-0.39, 0.29) is 28.4 Å². The molecule has 7 nitrogen and oxygen atoms in total. The molecule has 35 heavy (non-hydrogen) atoms. The summed E-state index contributed by atoms with van der Waals surface area (Å²) in [4.78, 5) is 36.9. The van der Waals surface area contributed by atoms with Crippen molar-refractivity contribution in [3.05, 3.63) is 64.0 Å². The average molecular weight is 490 g/mol. The van der Waals surface area contributed by atoms with E-state index in [1.54, 1.807) is 0 Å². The van der Waals surface area contributed by atoms with Gasteiger partial charge in [0.2, 0.25) is 11.2 Å². The molecule has 1 aliphatic carbocycles. The van der Waals surface area contributed by atoms with E-state index < -0.39 is 40.6 Å². The fourth-order valence-electron chi connectivity index (χ4n) is 3.93. The largest absolute Gasteiger partial charge is 0.465 e. The summed E-state index contributed by atoms with van der Waals surface area (Å²) in [6, 6.07) is 8.64. The van der Waals surface area contributed by atoms with E-state index in [1.165, 1.54) is 43.5 Å². The highest BCUT2D eigenvalue weighted by Crippen LogP contribution is 2.39. The van der Waals surface area contributed by atoms with Crippen LogP contribution in [-0.4, -0.2) is 19.0 Å². The minimum Gasteiger partial charge on any atom is -0.465 e. The SMILES string of the molecule is COC(=O)c1ccc(Oc2c(C(F)(F)F)oc3cc(OC(=O)C4CCCCC4)ccc3c2=O)cc1. The Hall–Kier alpha value is -3.82. The van der Waals surface area contributed by atoms with Gasteiger partial charge in [-0.1, -0.05) is 19.3 Å². The molecule has 0 unspecified atom stereocenters. The molecule has 1 aromatic heterocycles. The van der Waals surface area contributed by atoms with Crippen LogP contribution in [0.1, 0.15) is 48.2 Å². The maximum Gasteiger partial charge on any atom is 0.453 e. The monoisotopic (exact) mass is 490 g/mol. The molecule has 0 N–H and O–H groups in total. The number of rotatable bonds is 5. The van der Waals surface area contributed by atoms with Crippen LogP contribution in [0.4, 0.5) is 13.2 Å². The Morgan fingerprint density at radius 3 is 2.26 bits per heavy atom. The number of benzene rings is 2. The maximum atomic E-state index is 13.8. The van der Waals surface area contributed by atoms with Crippen LogP contribution < -0.4 is 14.9 Å². The summed E-state index contributed by atoms with van der Waals surface area (Å²) in [5.41, 5.74) is -1.30. The first kappa shape index (κ1) is 24.3. The Kier molecular flexibility index (Phi) is 6.81. The summed E-state index contributed by atoms with van der Waals surface area (Å²) in [6.07, 6.45) is -0.790. The third kappa shape index (κ3) is 5.31. The zero-order valence-electron chi connectivity index (χ0n) is 18.6. The van der Waals surface area contributed by atoms with Gasteiger partial charge in [0.25, 0.3) is 5.76 Å². The number of hydrogen-bond donors (Lipinski definition) is 0. The highest BCUT2D eigenvalue weighted by atomic mass is 19.4. The summed E-state index contributed by atoms with van der Waals surface area (Å²) in [5, 5.41) is -0.184. The Morgan fingerprint density at radius 1 is 0.971 bits per heavy atom. The summed E-state index contributed by atoms with van der Waals surface area (Å²) in [5.74, 6) is -4.19. The van der Waals surface area contributed by atoms with Crippen LogP contribution in [0.3, 0.4) is 0 Å². The molecule has 4 rings (SSSR count). The van der Waals surface area contributed by atoms with Gasteiger partial charge in [-0.15, -0.1) is 0 Å². The lowest BCUT2D eigenvalue weighted by Gasteiger charge is -2.19. The number of esters is 2. The van der Waals surface area contributed by atoms with Crippen LogP contribution in [0, 0.1) is 5.92 Å². The van der Waals surface area contributed by atoms with Crippen molar-refractivity contribution >= 4 is 22.9 Å². The van der Waals surface area contributed by atoms with Crippen LogP contribution >= 0.6 is 0 Å². The van der Waals surface area contributed by atoms with Crippen molar-refractivity contribution in [2.45, 2.75) is 38.3 Å². The molecule has 0 spiro atoms. The van der Waals surface area contributed by atoms with Crippen molar-refractivity contribution < 1.29 is 41.4 Å². The molecule has 0 bridgehead atoms. The van der Waals surface area contributed by atoms with Gasteiger partial charge in [-0.05, 0) is 49.2 Å². The Labute approximate surface area is 197 Å². The van der Waals surface area contributed by atoms with Gasteiger partial charge in [0, 0.05) is 6.07 Å². The molecule has 0 atom stereocenters. The predicted octanol–water partition coefficient (Wildman–Crippen LogP) is 5.88. The predicted molar refractivity (Wildman–Crippen MR) is 118 cm³/mol. The van der Waals surface area contributed by atoms with Crippen LogP contribution in [-0.2, 0) is 15.7 Å². The summed E-state index contributed by atoms with van der Waals surface area (Å²) in [6.45, 7) is 0. The number of hydrogen-bond acceptors (Lipinski definition) is 7. The number of fused-ring (bicyclic) bond motifs is 1. The summed E-state index contributed by atoms with van der Waals surface area (Å²) < 4.78 is 61.5. The Morgan fingerprint density at radius 2 is 1.63 bits per heavy atom. The van der Waals surface area contributed by atoms with E-state index in [4.69, 9.17) is 13.9 Å². The van der Waals surface area contributed by atoms with Gasteiger partial charge in [-0.2, -0.15) is 13.2 Å². The van der Waals surface area contributed by atoms with Gasteiger partial charge in [-0.25, -0.2) is 4.79 Å². The van der Waals surface area contributed by atoms with E-state index in [2.05, 4.69) is 4.74 Å². The smallest absolute Gasteiger partial charge is 0.453 e. The number of halogens is 3. The average Bonchev–Trinajstić information content (AvgIpc) is 2.85. The molecule has 0 radical (unpaired) electrons. The molecule has 2 aromatic carbocycles. The highest BCUT2D eigenvalue weighted by Gasteiger charge is 2.40. The second-order valence-corrected chi connectivity index (χ2v) is 8.12. The first-order valence-electron chi connectivity index (χ1n) is 10.9. The molecule has 3 aromatic rings. The number of methoxy groups -OCH3 is 1. The lowest BCUT2D eigenvalue weighted by molar-refractivity contribution is -0.154. The second-order valence-electron chi connectivity index (χ2n) is 8.12. The van der Waals surface area contributed by atoms with Gasteiger partial charge in [0.1, 0.15) is 17.1 Å². The van der Waals surface area contributed by atoms with Crippen LogP contribution in [0.15, 0.2) is 51.7 Å². The fraction of sp³-hybridized carbons (Fsp3) is 0.320. The Balaban J connectivity index is 1.68. The molecule has 1 saturated carbocycles. The van der Waals surface area contributed by atoms with E-state index >= 15 is 0 Å². The zero-order chi connectivity index (χ0) is 25.2. The van der Waals surface area contributed by atoms with Gasteiger partial charge in [0.05, 0.1) is 24.0 Å². The summed E-state index contributed by atoms with van der Waals surface area (Å²) in [7, 11) is 1.19. The summed E-state index contributed by atoms with van der Waals surface area (Å²) >= 11 is 0. The van der Waals surface area contributed by atoms with Gasteiger partial charge >= 0.3 is 18.1 Å². The molecule has 184 valence electrons. The lowest BCUT2D eigenvalue weighted by atomic mass is 9.89. The third-order valence-electron chi connectivity index (χ3n) is 5.73. The molecular formula is C25H21F3O7. The van der Waals surface area contributed by atoms with Gasteiger partial charge < -0.3 is 18.6 Å². The van der Waals surface area contributed by atoms with Crippen molar-refractivity contribution in [2.24, 2.45) is 5.92 Å². The molecule has 0 saturated heterocycles. The van der Waals surface area contributed by atoms with E-state index in [0.29, 0.717) is 12.8 Å². The van der Waals surface area contributed by atoms with Gasteiger partial charge in [0.15, 0.2) is 0 Å². The van der Waals surface area contributed by atoms with Gasteiger partial charge in [-0.3, -0.25) is 9.59 Å². The maximum absolute atomic E-state index is 13.8. The number of carbonyl (C=O) groups excluding carboxylic acids is 2. The van der Waals surface area contributed by atoms with Crippen molar-refractivity contribution in [3.63, 3.8) is 0 Å². The Bertz CT molecular complexity index is 1300. The third-order valence-corrected chi connectivity index (χ3v) is 5.73. The number of carbonyl (C=O) groups is 2. The van der Waals surface area contributed by atoms with Crippen LogP contribution in [0.5, 0.6) is 17.2 Å². The highest BCUT2D eigenvalue weighted by molar-refractivity contribution is 5.89. The second kappa shape index (κ2) is 9.81. The van der Waals surface area contributed by atoms with Crippen LogP contribution in [0.25, 0.3) is 11.0 Å². The van der Waals surface area contributed by atoms with Crippen molar-refractivity contribution in [1.29, 1.82) is 0 Å².